The number of hydrogen-bond acceptors (Lipinski definition) is 1. The minimum atomic E-state index is 0.983. The van der Waals surface area contributed by atoms with Gasteiger partial charge < -0.3 is 5.32 Å². The van der Waals surface area contributed by atoms with Crippen LogP contribution in [0, 0.1) is 6.92 Å². The van der Waals surface area contributed by atoms with Crippen LogP contribution in [0.3, 0.4) is 0 Å². The number of benzene rings is 2. The van der Waals surface area contributed by atoms with Gasteiger partial charge in [-0.15, -0.1) is 0 Å². The number of nitrogens with one attached hydrogen (secondary N) is 1. The zero-order chi connectivity index (χ0) is 18.8. The highest BCUT2D eigenvalue weighted by atomic mass is 14.8. The molecule has 2 rings (SSSR count). The maximum atomic E-state index is 3.04. The van der Waals surface area contributed by atoms with Crippen molar-refractivity contribution in [3.63, 3.8) is 0 Å². The van der Waals surface area contributed by atoms with Crippen LogP contribution in [0.1, 0.15) is 63.8 Å². The van der Waals surface area contributed by atoms with Gasteiger partial charge in [0.25, 0.3) is 0 Å². The van der Waals surface area contributed by atoms with Gasteiger partial charge in [0.05, 0.1) is 0 Å². The van der Waals surface area contributed by atoms with Crippen LogP contribution < -0.4 is 5.32 Å². The van der Waals surface area contributed by atoms with Crippen LogP contribution in [0.4, 0.5) is 0 Å². The monoisotopic (exact) mass is 327 g/mol. The Kier molecular flexibility index (Phi) is 17.5. The van der Waals surface area contributed by atoms with Crippen LogP contribution >= 0.6 is 0 Å². The predicted octanol–water partition coefficient (Wildman–Crippen LogP) is 6.85. The van der Waals surface area contributed by atoms with Crippen LogP contribution in [-0.4, -0.2) is 7.05 Å². The van der Waals surface area contributed by atoms with Crippen molar-refractivity contribution in [1.82, 2.24) is 5.32 Å². The van der Waals surface area contributed by atoms with E-state index in [0.29, 0.717) is 0 Å². The molecule has 134 valence electrons. The molecule has 0 atom stereocenters. The molecule has 0 saturated carbocycles. The summed E-state index contributed by atoms with van der Waals surface area (Å²) >= 11 is 0. The summed E-state index contributed by atoms with van der Waals surface area (Å²) in [5.74, 6) is 0. The molecule has 0 spiro atoms. The minimum absolute atomic E-state index is 0.983. The Hall–Kier alpha value is -2.02. The molecular formula is C23H37N. The Morgan fingerprint density at radius 1 is 0.750 bits per heavy atom. The lowest BCUT2D eigenvalue weighted by Crippen LogP contribution is -1.95. The van der Waals surface area contributed by atoms with E-state index in [1.807, 2.05) is 54.8 Å². The van der Waals surface area contributed by atoms with Crippen LogP contribution in [-0.2, 0) is 6.42 Å². The second-order valence-corrected chi connectivity index (χ2v) is 4.42. The van der Waals surface area contributed by atoms with Gasteiger partial charge in [0.15, 0.2) is 0 Å². The lowest BCUT2D eigenvalue weighted by molar-refractivity contribution is 1.11. The first-order valence-corrected chi connectivity index (χ1v) is 9.27. The van der Waals surface area contributed by atoms with Crippen molar-refractivity contribution in [3.05, 3.63) is 77.0 Å². The van der Waals surface area contributed by atoms with Crippen molar-refractivity contribution in [3.8, 4) is 0 Å². The first kappa shape index (κ1) is 24.2. The van der Waals surface area contributed by atoms with Crippen molar-refractivity contribution in [2.75, 3.05) is 7.05 Å². The summed E-state index contributed by atoms with van der Waals surface area (Å²) in [6.45, 7) is 14.2. The average molecular weight is 328 g/mol. The normalized spacial score (nSPS) is 8.83. The predicted molar refractivity (Wildman–Crippen MR) is 113 cm³/mol. The standard InChI is InChI=1S/C17H19N.3C2H6/c1-14-7-3-4-9-16(14)13-17-10-6-5-8-15(17)11-12-18-2;3*1-2/h3-12,18H,13H2,1-2H3;3*1-2H3/b12-11-;;;. The van der Waals surface area contributed by atoms with Crippen molar-refractivity contribution >= 4 is 6.08 Å². The van der Waals surface area contributed by atoms with Crippen molar-refractivity contribution in [2.45, 2.75) is 54.9 Å². The first-order valence-electron chi connectivity index (χ1n) is 9.27. The van der Waals surface area contributed by atoms with Crippen LogP contribution in [0.25, 0.3) is 6.08 Å². The minimum Gasteiger partial charge on any atom is -0.394 e. The van der Waals surface area contributed by atoms with Gasteiger partial charge in [-0.2, -0.15) is 0 Å². The molecule has 0 amide bonds. The quantitative estimate of drug-likeness (QED) is 0.647. The van der Waals surface area contributed by atoms with E-state index in [2.05, 4.69) is 66.8 Å². The third-order valence-electron chi connectivity index (χ3n) is 3.13. The summed E-state index contributed by atoms with van der Waals surface area (Å²) in [5.41, 5.74) is 5.38. The van der Waals surface area contributed by atoms with E-state index in [9.17, 15) is 0 Å². The average Bonchev–Trinajstić information content (AvgIpc) is 2.68. The van der Waals surface area contributed by atoms with Crippen LogP contribution in [0.5, 0.6) is 0 Å². The van der Waals surface area contributed by atoms with Gasteiger partial charge in [-0.1, -0.05) is 90.1 Å². The molecule has 0 fully saturated rings. The maximum absolute atomic E-state index is 3.04. The van der Waals surface area contributed by atoms with E-state index in [1.54, 1.807) is 0 Å². The molecule has 0 aliphatic rings. The molecule has 0 aromatic heterocycles. The summed E-state index contributed by atoms with van der Waals surface area (Å²) < 4.78 is 0. The summed E-state index contributed by atoms with van der Waals surface area (Å²) in [4.78, 5) is 0. The van der Waals surface area contributed by atoms with Crippen LogP contribution in [0.15, 0.2) is 54.7 Å². The van der Waals surface area contributed by atoms with Gasteiger partial charge in [-0.05, 0) is 47.9 Å². The van der Waals surface area contributed by atoms with Crippen molar-refractivity contribution < 1.29 is 0 Å². The van der Waals surface area contributed by atoms with E-state index < -0.39 is 0 Å². The highest BCUT2D eigenvalue weighted by molar-refractivity contribution is 5.54. The third kappa shape index (κ3) is 9.19. The molecule has 1 heteroatoms. The van der Waals surface area contributed by atoms with E-state index in [0.717, 1.165) is 6.42 Å². The molecule has 24 heavy (non-hydrogen) atoms. The maximum Gasteiger partial charge on any atom is 0.00277 e. The topological polar surface area (TPSA) is 12.0 Å². The van der Waals surface area contributed by atoms with Gasteiger partial charge in [0, 0.05) is 7.05 Å². The smallest absolute Gasteiger partial charge is 0.00277 e. The fraction of sp³-hybridized carbons (Fsp3) is 0.391. The molecule has 0 bridgehead atoms. The van der Waals surface area contributed by atoms with E-state index in [1.165, 1.54) is 22.3 Å². The Morgan fingerprint density at radius 3 is 1.79 bits per heavy atom. The molecule has 0 aliphatic carbocycles. The lowest BCUT2D eigenvalue weighted by atomic mass is 9.97. The Morgan fingerprint density at radius 2 is 1.25 bits per heavy atom. The zero-order valence-electron chi connectivity index (χ0n) is 17.0. The molecule has 0 radical (unpaired) electrons. The Bertz CT molecular complexity index is 541. The summed E-state index contributed by atoms with van der Waals surface area (Å²) in [6, 6.07) is 17.1. The van der Waals surface area contributed by atoms with Gasteiger partial charge in [-0.3, -0.25) is 0 Å². The molecule has 0 saturated heterocycles. The molecule has 1 N–H and O–H groups in total. The summed E-state index contributed by atoms with van der Waals surface area (Å²) in [6.07, 6.45) is 5.07. The van der Waals surface area contributed by atoms with Gasteiger partial charge in [0.1, 0.15) is 0 Å². The number of hydrogen-bond donors (Lipinski definition) is 1. The van der Waals surface area contributed by atoms with Crippen molar-refractivity contribution in [1.29, 1.82) is 0 Å². The molecular weight excluding hydrogens is 290 g/mol. The summed E-state index contributed by atoms with van der Waals surface area (Å²) in [7, 11) is 1.92. The molecule has 2 aromatic rings. The first-order chi connectivity index (χ1) is 11.8. The summed E-state index contributed by atoms with van der Waals surface area (Å²) in [5, 5.41) is 3.04. The fourth-order valence-corrected chi connectivity index (χ4v) is 2.04. The van der Waals surface area contributed by atoms with E-state index >= 15 is 0 Å². The highest BCUT2D eigenvalue weighted by Crippen LogP contribution is 2.17. The van der Waals surface area contributed by atoms with Crippen molar-refractivity contribution in [2.24, 2.45) is 0 Å². The third-order valence-corrected chi connectivity index (χ3v) is 3.13. The molecule has 2 aromatic carbocycles. The fourth-order valence-electron chi connectivity index (χ4n) is 2.04. The molecule has 0 heterocycles. The molecule has 0 unspecified atom stereocenters. The molecule has 1 nitrogen and oxygen atoms in total. The van der Waals surface area contributed by atoms with Gasteiger partial charge >= 0.3 is 0 Å². The van der Waals surface area contributed by atoms with Gasteiger partial charge in [0.2, 0.25) is 0 Å². The van der Waals surface area contributed by atoms with E-state index in [-0.39, 0.29) is 0 Å². The largest absolute Gasteiger partial charge is 0.394 e. The highest BCUT2D eigenvalue weighted by Gasteiger charge is 2.02. The van der Waals surface area contributed by atoms with Gasteiger partial charge in [-0.25, -0.2) is 0 Å². The second kappa shape index (κ2) is 17.3. The SMILES string of the molecule is CC.CC.CC.CN/C=C\c1ccccc1Cc1ccccc1C. The number of aryl methyl sites for hydroxylation is 1. The second-order valence-electron chi connectivity index (χ2n) is 4.42. The van der Waals surface area contributed by atoms with E-state index in [4.69, 9.17) is 0 Å². The molecule has 0 aliphatic heterocycles. The zero-order valence-corrected chi connectivity index (χ0v) is 17.0. The van der Waals surface area contributed by atoms with Crippen LogP contribution in [0.2, 0.25) is 0 Å². The Labute approximate surface area is 150 Å². The Balaban J connectivity index is 0. The number of rotatable bonds is 4. The lowest BCUT2D eigenvalue weighted by Gasteiger charge is -2.08.